The Bertz CT molecular complexity index is 350. The predicted molar refractivity (Wildman–Crippen MR) is 81.9 cm³/mol. The van der Waals surface area contributed by atoms with Gasteiger partial charge in [0, 0.05) is 25.7 Å². The van der Waals surface area contributed by atoms with Crippen molar-refractivity contribution in [2.75, 3.05) is 13.1 Å². The molecule has 1 aromatic rings. The minimum Gasteiger partial charge on any atom is -0.329 e. The number of rotatable bonds is 6. The van der Waals surface area contributed by atoms with Crippen LogP contribution in [0.15, 0.2) is 30.3 Å². The van der Waals surface area contributed by atoms with Gasteiger partial charge in [0.05, 0.1) is 0 Å². The lowest BCUT2D eigenvalue weighted by Crippen LogP contribution is -2.44. The Hall–Kier alpha value is -0.860. The maximum absolute atomic E-state index is 5.83. The molecule has 0 heterocycles. The molecule has 2 N–H and O–H groups in total. The van der Waals surface area contributed by atoms with Crippen LogP contribution in [0.5, 0.6) is 0 Å². The summed E-state index contributed by atoms with van der Waals surface area (Å²) < 4.78 is 0. The van der Waals surface area contributed by atoms with Crippen molar-refractivity contribution in [1.82, 2.24) is 4.90 Å². The Labute approximate surface area is 118 Å². The zero-order valence-corrected chi connectivity index (χ0v) is 12.2. The van der Waals surface area contributed by atoms with Crippen molar-refractivity contribution in [2.24, 2.45) is 11.7 Å². The molecule has 0 spiro atoms. The summed E-state index contributed by atoms with van der Waals surface area (Å²) in [5.41, 5.74) is 7.25. The van der Waals surface area contributed by atoms with Crippen LogP contribution >= 0.6 is 0 Å². The van der Waals surface area contributed by atoms with E-state index in [1.165, 1.54) is 37.7 Å². The van der Waals surface area contributed by atoms with E-state index in [1.807, 2.05) is 0 Å². The minimum absolute atomic E-state index is 0.738. The fourth-order valence-electron chi connectivity index (χ4n) is 3.49. The van der Waals surface area contributed by atoms with E-state index in [1.54, 1.807) is 0 Å². The molecule has 2 unspecified atom stereocenters. The molecule has 0 radical (unpaired) electrons. The summed E-state index contributed by atoms with van der Waals surface area (Å²) in [5, 5.41) is 0. The van der Waals surface area contributed by atoms with E-state index in [0.717, 1.165) is 31.6 Å². The first kappa shape index (κ1) is 14.5. The topological polar surface area (TPSA) is 29.3 Å². The molecule has 0 bridgehead atoms. The van der Waals surface area contributed by atoms with Crippen molar-refractivity contribution < 1.29 is 0 Å². The van der Waals surface area contributed by atoms with E-state index in [9.17, 15) is 0 Å². The Balaban J connectivity index is 2.05. The zero-order chi connectivity index (χ0) is 13.5. The molecule has 2 rings (SSSR count). The van der Waals surface area contributed by atoms with Gasteiger partial charge in [-0.25, -0.2) is 0 Å². The highest BCUT2D eigenvalue weighted by Gasteiger charge is 2.28. The van der Waals surface area contributed by atoms with Crippen molar-refractivity contribution in [3.63, 3.8) is 0 Å². The van der Waals surface area contributed by atoms with Gasteiger partial charge in [-0.15, -0.1) is 0 Å². The Morgan fingerprint density at radius 2 is 1.89 bits per heavy atom. The fourth-order valence-corrected chi connectivity index (χ4v) is 3.49. The van der Waals surface area contributed by atoms with Crippen molar-refractivity contribution in [2.45, 2.75) is 51.6 Å². The van der Waals surface area contributed by atoms with E-state index < -0.39 is 0 Å². The molecule has 0 aromatic heterocycles. The van der Waals surface area contributed by atoms with Crippen molar-refractivity contribution in [1.29, 1.82) is 0 Å². The highest BCUT2D eigenvalue weighted by Crippen LogP contribution is 2.31. The molecular weight excluding hydrogens is 232 g/mol. The first-order chi connectivity index (χ1) is 9.35. The fraction of sp³-hybridized carbons (Fsp3) is 0.647. The highest BCUT2D eigenvalue weighted by atomic mass is 15.2. The number of nitrogens with two attached hydrogens (primary N) is 1. The van der Waals surface area contributed by atoms with Gasteiger partial charge in [0.1, 0.15) is 0 Å². The SMILES string of the molecule is CCC1CCCCC1N(CCN)Cc1ccccc1. The average Bonchev–Trinajstić information content (AvgIpc) is 2.48. The van der Waals surface area contributed by atoms with Crippen molar-refractivity contribution >= 4 is 0 Å². The molecule has 2 nitrogen and oxygen atoms in total. The first-order valence-electron chi connectivity index (χ1n) is 7.83. The summed E-state index contributed by atoms with van der Waals surface area (Å²) in [6.07, 6.45) is 6.86. The van der Waals surface area contributed by atoms with E-state index in [0.29, 0.717) is 0 Å². The largest absolute Gasteiger partial charge is 0.329 e. The third-order valence-corrected chi connectivity index (χ3v) is 4.51. The van der Waals surface area contributed by atoms with E-state index >= 15 is 0 Å². The van der Waals surface area contributed by atoms with Gasteiger partial charge in [0.25, 0.3) is 0 Å². The Morgan fingerprint density at radius 3 is 2.58 bits per heavy atom. The molecule has 106 valence electrons. The van der Waals surface area contributed by atoms with Crippen LogP contribution in [-0.4, -0.2) is 24.0 Å². The summed E-state index contributed by atoms with van der Waals surface area (Å²) in [4.78, 5) is 2.63. The van der Waals surface area contributed by atoms with Crippen LogP contribution in [0.25, 0.3) is 0 Å². The molecular formula is C17H28N2. The average molecular weight is 260 g/mol. The lowest BCUT2D eigenvalue weighted by atomic mass is 9.81. The molecule has 1 aliphatic rings. The molecule has 1 aliphatic carbocycles. The van der Waals surface area contributed by atoms with Crippen LogP contribution in [-0.2, 0) is 6.54 Å². The smallest absolute Gasteiger partial charge is 0.0237 e. The lowest BCUT2D eigenvalue weighted by molar-refractivity contribution is 0.0969. The van der Waals surface area contributed by atoms with Crippen LogP contribution in [0.4, 0.5) is 0 Å². The minimum atomic E-state index is 0.738. The van der Waals surface area contributed by atoms with Crippen LogP contribution in [0.3, 0.4) is 0 Å². The van der Waals surface area contributed by atoms with Crippen LogP contribution in [0.1, 0.15) is 44.6 Å². The van der Waals surface area contributed by atoms with E-state index in [4.69, 9.17) is 5.73 Å². The second-order valence-electron chi connectivity index (χ2n) is 5.76. The summed E-state index contributed by atoms with van der Waals surface area (Å²) >= 11 is 0. The number of hydrogen-bond acceptors (Lipinski definition) is 2. The molecule has 2 atom stereocenters. The second kappa shape index (κ2) is 7.66. The number of nitrogens with zero attached hydrogens (tertiary/aromatic N) is 1. The highest BCUT2D eigenvalue weighted by molar-refractivity contribution is 5.14. The molecule has 0 amide bonds. The van der Waals surface area contributed by atoms with Crippen LogP contribution in [0, 0.1) is 5.92 Å². The van der Waals surface area contributed by atoms with Gasteiger partial charge < -0.3 is 5.73 Å². The lowest BCUT2D eigenvalue weighted by Gasteiger charge is -2.40. The van der Waals surface area contributed by atoms with E-state index in [2.05, 4.69) is 42.2 Å². The normalized spacial score (nSPS) is 23.7. The van der Waals surface area contributed by atoms with Gasteiger partial charge >= 0.3 is 0 Å². The first-order valence-corrected chi connectivity index (χ1v) is 7.83. The van der Waals surface area contributed by atoms with Gasteiger partial charge in [-0.3, -0.25) is 4.90 Å². The van der Waals surface area contributed by atoms with Gasteiger partial charge in [-0.05, 0) is 24.3 Å². The molecule has 0 aliphatic heterocycles. The summed E-state index contributed by atoms with van der Waals surface area (Å²) in [5.74, 6) is 0.865. The number of benzene rings is 1. The van der Waals surface area contributed by atoms with Gasteiger partial charge in [0.2, 0.25) is 0 Å². The molecule has 19 heavy (non-hydrogen) atoms. The Morgan fingerprint density at radius 1 is 1.16 bits per heavy atom. The maximum Gasteiger partial charge on any atom is 0.0237 e. The second-order valence-corrected chi connectivity index (χ2v) is 5.76. The Kier molecular flexibility index (Phi) is 5.87. The predicted octanol–water partition coefficient (Wildman–Crippen LogP) is 3.42. The summed E-state index contributed by atoms with van der Waals surface area (Å²) in [6.45, 7) is 5.18. The quantitative estimate of drug-likeness (QED) is 0.849. The third-order valence-electron chi connectivity index (χ3n) is 4.51. The molecule has 2 heteroatoms. The van der Waals surface area contributed by atoms with Crippen molar-refractivity contribution in [3.05, 3.63) is 35.9 Å². The summed E-state index contributed by atoms with van der Waals surface area (Å²) in [6, 6.07) is 11.6. The molecule has 1 aromatic carbocycles. The molecule has 1 saturated carbocycles. The van der Waals surface area contributed by atoms with Gasteiger partial charge in [-0.1, -0.05) is 56.5 Å². The van der Waals surface area contributed by atoms with Crippen LogP contribution in [0.2, 0.25) is 0 Å². The van der Waals surface area contributed by atoms with Gasteiger partial charge in [-0.2, -0.15) is 0 Å². The van der Waals surface area contributed by atoms with Gasteiger partial charge in [0.15, 0.2) is 0 Å². The monoisotopic (exact) mass is 260 g/mol. The standard InChI is InChI=1S/C17H28N2/c1-2-16-10-6-7-11-17(16)19(13-12-18)14-15-8-4-3-5-9-15/h3-5,8-9,16-17H,2,6-7,10-14,18H2,1H3. The molecule has 1 fully saturated rings. The number of hydrogen-bond donors (Lipinski definition) is 1. The van der Waals surface area contributed by atoms with E-state index in [-0.39, 0.29) is 0 Å². The summed E-state index contributed by atoms with van der Waals surface area (Å²) in [7, 11) is 0. The molecule has 0 saturated heterocycles. The maximum atomic E-state index is 5.83. The third kappa shape index (κ3) is 4.05. The zero-order valence-electron chi connectivity index (χ0n) is 12.2. The van der Waals surface area contributed by atoms with Crippen molar-refractivity contribution in [3.8, 4) is 0 Å². The van der Waals surface area contributed by atoms with Crippen LogP contribution < -0.4 is 5.73 Å².